The van der Waals surface area contributed by atoms with Crippen LogP contribution in [0.3, 0.4) is 0 Å². The Morgan fingerprint density at radius 2 is 2.06 bits per heavy atom. The number of ether oxygens (including phenoxy) is 1. The third-order valence-corrected chi connectivity index (χ3v) is 2.86. The van der Waals surface area contributed by atoms with Crippen LogP contribution in [0.2, 0.25) is 5.15 Å². The largest absolute Gasteiger partial charge is 0.497 e. The van der Waals surface area contributed by atoms with Gasteiger partial charge in [-0.2, -0.15) is 0 Å². The van der Waals surface area contributed by atoms with Gasteiger partial charge in [-0.3, -0.25) is 0 Å². The molecular formula is C13H15ClN2O. The molecule has 2 aromatic rings. The van der Waals surface area contributed by atoms with Gasteiger partial charge in [-0.05, 0) is 32.3 Å². The lowest BCUT2D eigenvalue weighted by atomic mass is 10.1. The van der Waals surface area contributed by atoms with Crippen LogP contribution in [0.4, 0.5) is 0 Å². The maximum atomic E-state index is 6.16. The van der Waals surface area contributed by atoms with Crippen molar-refractivity contribution in [2.45, 2.75) is 6.54 Å². The monoisotopic (exact) mass is 250 g/mol. The average molecular weight is 251 g/mol. The number of fused-ring (bicyclic) bond motifs is 1. The molecule has 0 aliphatic heterocycles. The lowest BCUT2D eigenvalue weighted by Gasteiger charge is -2.12. The summed E-state index contributed by atoms with van der Waals surface area (Å²) in [6.07, 6.45) is 0. The zero-order valence-electron chi connectivity index (χ0n) is 10.2. The standard InChI is InChI=1S/C13H15ClN2O/c1-16(2)8-10-6-9-4-5-11(17-3)7-12(9)15-13(10)14/h4-7H,8H2,1-3H3. The number of benzene rings is 1. The van der Waals surface area contributed by atoms with Crippen LogP contribution in [0.1, 0.15) is 5.56 Å². The Kier molecular flexibility index (Phi) is 3.50. The summed E-state index contributed by atoms with van der Waals surface area (Å²) >= 11 is 6.16. The van der Waals surface area contributed by atoms with Crippen LogP contribution in [0.15, 0.2) is 24.3 Å². The van der Waals surface area contributed by atoms with E-state index in [-0.39, 0.29) is 0 Å². The van der Waals surface area contributed by atoms with Crippen LogP contribution in [0, 0.1) is 0 Å². The smallest absolute Gasteiger partial charge is 0.134 e. The minimum absolute atomic E-state index is 0.555. The number of pyridine rings is 1. The predicted octanol–water partition coefficient (Wildman–Crippen LogP) is 2.96. The van der Waals surface area contributed by atoms with Gasteiger partial charge < -0.3 is 9.64 Å². The molecule has 0 saturated heterocycles. The molecule has 0 N–H and O–H groups in total. The van der Waals surface area contributed by atoms with Crippen molar-refractivity contribution in [1.82, 2.24) is 9.88 Å². The predicted molar refractivity (Wildman–Crippen MR) is 70.7 cm³/mol. The first kappa shape index (κ1) is 12.1. The minimum atomic E-state index is 0.555. The van der Waals surface area contributed by atoms with E-state index in [2.05, 4.69) is 16.0 Å². The van der Waals surface area contributed by atoms with Gasteiger partial charge >= 0.3 is 0 Å². The van der Waals surface area contributed by atoms with E-state index in [0.717, 1.165) is 28.8 Å². The summed E-state index contributed by atoms with van der Waals surface area (Å²) in [6.45, 7) is 0.786. The highest BCUT2D eigenvalue weighted by atomic mass is 35.5. The van der Waals surface area contributed by atoms with Crippen molar-refractivity contribution >= 4 is 22.5 Å². The van der Waals surface area contributed by atoms with Gasteiger partial charge in [0, 0.05) is 23.6 Å². The minimum Gasteiger partial charge on any atom is -0.497 e. The molecule has 0 unspecified atom stereocenters. The number of aromatic nitrogens is 1. The Balaban J connectivity index is 2.50. The van der Waals surface area contributed by atoms with E-state index in [1.54, 1.807) is 7.11 Å². The van der Waals surface area contributed by atoms with Crippen molar-refractivity contribution in [3.05, 3.63) is 35.0 Å². The molecule has 1 aromatic heterocycles. The van der Waals surface area contributed by atoms with Crippen LogP contribution in [-0.4, -0.2) is 31.1 Å². The zero-order chi connectivity index (χ0) is 12.4. The second-order valence-corrected chi connectivity index (χ2v) is 4.59. The fourth-order valence-electron chi connectivity index (χ4n) is 1.75. The molecule has 0 radical (unpaired) electrons. The third-order valence-electron chi connectivity index (χ3n) is 2.54. The van der Waals surface area contributed by atoms with Crippen LogP contribution < -0.4 is 4.74 Å². The summed E-state index contributed by atoms with van der Waals surface area (Å²) in [5, 5.41) is 1.63. The average Bonchev–Trinajstić information content (AvgIpc) is 2.29. The lowest BCUT2D eigenvalue weighted by Crippen LogP contribution is -2.11. The fraction of sp³-hybridized carbons (Fsp3) is 0.308. The van der Waals surface area contributed by atoms with Gasteiger partial charge in [0.25, 0.3) is 0 Å². The summed E-state index contributed by atoms with van der Waals surface area (Å²) in [6, 6.07) is 7.89. The molecule has 1 heterocycles. The van der Waals surface area contributed by atoms with Crippen molar-refractivity contribution in [2.75, 3.05) is 21.2 Å². The molecule has 0 fully saturated rings. The first-order valence-electron chi connectivity index (χ1n) is 5.38. The molecule has 3 nitrogen and oxygen atoms in total. The van der Waals surface area contributed by atoms with Crippen molar-refractivity contribution in [3.63, 3.8) is 0 Å². The first-order chi connectivity index (χ1) is 8.10. The summed E-state index contributed by atoms with van der Waals surface area (Å²) in [5.41, 5.74) is 1.89. The molecule has 17 heavy (non-hydrogen) atoms. The maximum Gasteiger partial charge on any atom is 0.134 e. The van der Waals surface area contributed by atoms with E-state index in [1.165, 1.54) is 0 Å². The molecule has 0 spiro atoms. The molecule has 0 saturated carbocycles. The number of nitrogens with zero attached hydrogens (tertiary/aromatic N) is 2. The lowest BCUT2D eigenvalue weighted by molar-refractivity contribution is 0.402. The molecule has 0 aliphatic rings. The second-order valence-electron chi connectivity index (χ2n) is 4.23. The Labute approximate surface area is 106 Å². The van der Waals surface area contributed by atoms with E-state index in [1.807, 2.05) is 32.3 Å². The Morgan fingerprint density at radius 3 is 2.71 bits per heavy atom. The highest BCUT2D eigenvalue weighted by Gasteiger charge is 2.06. The van der Waals surface area contributed by atoms with Crippen LogP contribution in [0.25, 0.3) is 10.9 Å². The van der Waals surface area contributed by atoms with Crippen LogP contribution >= 0.6 is 11.6 Å². The number of hydrogen-bond donors (Lipinski definition) is 0. The topological polar surface area (TPSA) is 25.4 Å². The molecule has 1 aromatic carbocycles. The summed E-state index contributed by atoms with van der Waals surface area (Å²) < 4.78 is 5.17. The van der Waals surface area contributed by atoms with E-state index in [9.17, 15) is 0 Å². The number of rotatable bonds is 3. The molecule has 0 bridgehead atoms. The maximum absolute atomic E-state index is 6.16. The van der Waals surface area contributed by atoms with Gasteiger partial charge in [-0.25, -0.2) is 4.98 Å². The Hall–Kier alpha value is -1.32. The van der Waals surface area contributed by atoms with E-state index >= 15 is 0 Å². The van der Waals surface area contributed by atoms with Gasteiger partial charge in [0.2, 0.25) is 0 Å². The fourth-order valence-corrected chi connectivity index (χ4v) is 1.95. The first-order valence-corrected chi connectivity index (χ1v) is 5.76. The Bertz CT molecular complexity index is 540. The van der Waals surface area contributed by atoms with Crippen molar-refractivity contribution in [2.24, 2.45) is 0 Å². The van der Waals surface area contributed by atoms with E-state index in [0.29, 0.717) is 5.15 Å². The normalized spacial score (nSPS) is 11.1. The molecular weight excluding hydrogens is 236 g/mol. The highest BCUT2D eigenvalue weighted by molar-refractivity contribution is 6.30. The van der Waals surface area contributed by atoms with E-state index in [4.69, 9.17) is 16.3 Å². The number of halogens is 1. The molecule has 2 rings (SSSR count). The number of methoxy groups -OCH3 is 1. The molecule has 90 valence electrons. The quantitative estimate of drug-likeness (QED) is 0.784. The van der Waals surface area contributed by atoms with Gasteiger partial charge in [0.05, 0.1) is 12.6 Å². The van der Waals surface area contributed by atoms with Crippen molar-refractivity contribution in [3.8, 4) is 5.75 Å². The number of hydrogen-bond acceptors (Lipinski definition) is 3. The molecule has 0 amide bonds. The van der Waals surface area contributed by atoms with Gasteiger partial charge in [0.15, 0.2) is 0 Å². The van der Waals surface area contributed by atoms with E-state index < -0.39 is 0 Å². The SMILES string of the molecule is COc1ccc2cc(CN(C)C)c(Cl)nc2c1. The Morgan fingerprint density at radius 1 is 1.29 bits per heavy atom. The van der Waals surface area contributed by atoms with Crippen LogP contribution in [-0.2, 0) is 6.54 Å². The van der Waals surface area contributed by atoms with Gasteiger partial charge in [0.1, 0.15) is 10.9 Å². The summed E-state index contributed by atoms with van der Waals surface area (Å²) in [5.74, 6) is 0.793. The third kappa shape index (κ3) is 2.68. The van der Waals surface area contributed by atoms with Crippen LogP contribution in [0.5, 0.6) is 5.75 Å². The zero-order valence-corrected chi connectivity index (χ0v) is 11.0. The summed E-state index contributed by atoms with van der Waals surface area (Å²) in [4.78, 5) is 6.46. The van der Waals surface area contributed by atoms with Gasteiger partial charge in [-0.1, -0.05) is 11.6 Å². The molecule has 0 aliphatic carbocycles. The highest BCUT2D eigenvalue weighted by Crippen LogP contribution is 2.24. The molecule has 4 heteroatoms. The molecule has 0 atom stereocenters. The van der Waals surface area contributed by atoms with Crippen molar-refractivity contribution < 1.29 is 4.74 Å². The second kappa shape index (κ2) is 4.90. The summed E-state index contributed by atoms with van der Waals surface area (Å²) in [7, 11) is 5.66. The van der Waals surface area contributed by atoms with Crippen molar-refractivity contribution in [1.29, 1.82) is 0 Å². The van der Waals surface area contributed by atoms with Gasteiger partial charge in [-0.15, -0.1) is 0 Å².